The quantitative estimate of drug-likeness (QED) is 0.0321. The van der Waals surface area contributed by atoms with Crippen molar-refractivity contribution in [1.82, 2.24) is 5.32 Å². The fourth-order valence-electron chi connectivity index (χ4n) is 9.69. The number of hydrogen-bond donors (Lipinski definition) is 3. The molecule has 0 aromatic carbocycles. The molecule has 0 saturated carbocycles. The Morgan fingerprint density at radius 1 is 0.391 bits per heavy atom. The Morgan fingerprint density at radius 2 is 0.681 bits per heavy atom. The molecule has 0 saturated heterocycles. The van der Waals surface area contributed by atoms with Gasteiger partial charge in [-0.3, -0.25) is 9.59 Å². The third-order valence-corrected chi connectivity index (χ3v) is 14.5. The third kappa shape index (κ3) is 55.5. The second-order valence-corrected chi connectivity index (χ2v) is 21.4. The maximum atomic E-state index is 12.4. The number of rotatable bonds is 58. The van der Waals surface area contributed by atoms with Crippen LogP contribution in [0, 0.1) is 0 Å². The SMILES string of the molecule is CCCCCCCCCCCCC/C=C/C(O)C(CO)NC(=O)CCCCCCCCCC/C=C\CCCCCCCCCCCCCCOC(=O)CCCCCCCCCCCCCCCCC. The van der Waals surface area contributed by atoms with Gasteiger partial charge in [-0.15, -0.1) is 0 Å². The Balaban J connectivity index is 3.40. The maximum absolute atomic E-state index is 12.4. The van der Waals surface area contributed by atoms with Crippen molar-refractivity contribution in [2.24, 2.45) is 0 Å². The molecule has 0 radical (unpaired) electrons. The van der Waals surface area contributed by atoms with E-state index in [1.54, 1.807) is 6.08 Å². The first kappa shape index (κ1) is 67.3. The second kappa shape index (κ2) is 58.9. The van der Waals surface area contributed by atoms with Crippen molar-refractivity contribution in [2.45, 2.75) is 353 Å². The summed E-state index contributed by atoms with van der Waals surface area (Å²) in [6.45, 7) is 4.92. The molecule has 0 aromatic rings. The molecular weight excluding hydrogens is 851 g/mol. The number of esters is 1. The minimum absolute atomic E-state index is 0.0152. The van der Waals surface area contributed by atoms with E-state index in [9.17, 15) is 19.8 Å². The predicted molar refractivity (Wildman–Crippen MR) is 301 cm³/mol. The summed E-state index contributed by atoms with van der Waals surface area (Å²) in [6.07, 6.45) is 72.2. The van der Waals surface area contributed by atoms with E-state index in [0.717, 1.165) is 38.5 Å². The molecule has 0 spiro atoms. The van der Waals surface area contributed by atoms with Crippen LogP contribution in [-0.4, -0.2) is 47.4 Å². The standard InChI is InChI=1S/C63H121NO5/c1-3-5-7-9-11-13-15-17-28-33-37-41-45-49-53-57-63(68)69-58-54-50-46-42-38-34-30-27-25-23-21-19-18-20-22-24-26-29-32-36-40-44-48-52-56-62(67)64-60(59-65)61(66)55-51-47-43-39-35-31-16-14-12-10-8-6-4-2/h20,22,51,55,60-61,65-66H,3-19,21,23-50,52-54,56-59H2,1-2H3,(H,64,67)/b22-20-,55-51+. The molecule has 3 N–H and O–H groups in total. The Bertz CT molecular complexity index is 1080. The lowest BCUT2D eigenvalue weighted by Gasteiger charge is -2.20. The number of ether oxygens (including phenoxy) is 1. The number of hydrogen-bond acceptors (Lipinski definition) is 5. The lowest BCUT2D eigenvalue weighted by Crippen LogP contribution is -2.45. The monoisotopic (exact) mass is 972 g/mol. The van der Waals surface area contributed by atoms with Crippen LogP contribution in [0.4, 0.5) is 0 Å². The molecule has 2 unspecified atom stereocenters. The zero-order chi connectivity index (χ0) is 50.0. The highest BCUT2D eigenvalue weighted by atomic mass is 16.5. The molecule has 1 amide bonds. The van der Waals surface area contributed by atoms with Gasteiger partial charge < -0.3 is 20.3 Å². The van der Waals surface area contributed by atoms with E-state index in [0.29, 0.717) is 19.4 Å². The normalized spacial score (nSPS) is 12.7. The third-order valence-electron chi connectivity index (χ3n) is 14.5. The largest absolute Gasteiger partial charge is 0.466 e. The maximum Gasteiger partial charge on any atom is 0.305 e. The Hall–Kier alpha value is -1.66. The number of unbranched alkanes of at least 4 members (excludes halogenated alkanes) is 45. The van der Waals surface area contributed by atoms with Crippen LogP contribution >= 0.6 is 0 Å². The average molecular weight is 973 g/mol. The molecule has 0 aliphatic carbocycles. The van der Waals surface area contributed by atoms with Crippen molar-refractivity contribution < 1.29 is 24.5 Å². The van der Waals surface area contributed by atoms with Gasteiger partial charge in [0, 0.05) is 12.8 Å². The van der Waals surface area contributed by atoms with Crippen LogP contribution < -0.4 is 5.32 Å². The summed E-state index contributed by atoms with van der Waals surface area (Å²) in [4.78, 5) is 24.5. The highest BCUT2D eigenvalue weighted by Gasteiger charge is 2.18. The van der Waals surface area contributed by atoms with Crippen LogP contribution in [0.25, 0.3) is 0 Å². The van der Waals surface area contributed by atoms with Gasteiger partial charge in [0.15, 0.2) is 0 Å². The van der Waals surface area contributed by atoms with Gasteiger partial charge in [0.2, 0.25) is 5.91 Å². The van der Waals surface area contributed by atoms with Crippen molar-refractivity contribution in [2.75, 3.05) is 13.2 Å². The molecule has 0 aliphatic rings. The molecule has 0 bridgehead atoms. The fraction of sp³-hybridized carbons (Fsp3) is 0.905. The Labute approximate surface area is 431 Å². The first-order chi connectivity index (χ1) is 34.0. The number of aliphatic hydroxyl groups excluding tert-OH is 2. The van der Waals surface area contributed by atoms with Gasteiger partial charge in [-0.2, -0.15) is 0 Å². The van der Waals surface area contributed by atoms with Crippen molar-refractivity contribution in [3.8, 4) is 0 Å². The van der Waals surface area contributed by atoms with Gasteiger partial charge in [0.1, 0.15) is 0 Å². The summed E-state index contributed by atoms with van der Waals surface area (Å²) < 4.78 is 5.49. The van der Waals surface area contributed by atoms with Gasteiger partial charge in [-0.05, 0) is 57.8 Å². The van der Waals surface area contributed by atoms with Crippen molar-refractivity contribution >= 4 is 11.9 Å². The zero-order valence-corrected chi connectivity index (χ0v) is 46.6. The molecule has 0 fully saturated rings. The number of carbonyl (C=O) groups is 2. The van der Waals surface area contributed by atoms with E-state index in [4.69, 9.17) is 4.74 Å². The van der Waals surface area contributed by atoms with E-state index in [1.165, 1.54) is 276 Å². The summed E-state index contributed by atoms with van der Waals surface area (Å²) in [7, 11) is 0. The first-order valence-electron chi connectivity index (χ1n) is 31.1. The van der Waals surface area contributed by atoms with Crippen molar-refractivity contribution in [3.63, 3.8) is 0 Å². The van der Waals surface area contributed by atoms with E-state index in [-0.39, 0.29) is 18.5 Å². The van der Waals surface area contributed by atoms with Crippen molar-refractivity contribution in [1.29, 1.82) is 0 Å². The summed E-state index contributed by atoms with van der Waals surface area (Å²) in [6, 6.07) is -0.630. The number of nitrogens with one attached hydrogen (secondary N) is 1. The molecular formula is C63H121NO5. The van der Waals surface area contributed by atoms with Crippen LogP contribution in [0.15, 0.2) is 24.3 Å². The molecule has 6 nitrogen and oxygen atoms in total. The van der Waals surface area contributed by atoms with Gasteiger partial charge in [0.05, 0.1) is 25.4 Å². The smallest absolute Gasteiger partial charge is 0.305 e. The molecule has 0 aromatic heterocycles. The Kier molecular flexibility index (Phi) is 57.5. The summed E-state index contributed by atoms with van der Waals surface area (Å²) in [5.74, 6) is -0.0566. The predicted octanol–water partition coefficient (Wildman–Crippen LogP) is 19.4. The van der Waals surface area contributed by atoms with E-state index in [1.807, 2.05) is 6.08 Å². The number of amides is 1. The topological polar surface area (TPSA) is 95.9 Å². The zero-order valence-electron chi connectivity index (χ0n) is 46.6. The van der Waals surface area contributed by atoms with Crippen LogP contribution in [0.3, 0.4) is 0 Å². The lowest BCUT2D eigenvalue weighted by molar-refractivity contribution is -0.143. The highest BCUT2D eigenvalue weighted by molar-refractivity contribution is 5.76. The lowest BCUT2D eigenvalue weighted by atomic mass is 10.0. The van der Waals surface area contributed by atoms with E-state index < -0.39 is 12.1 Å². The van der Waals surface area contributed by atoms with Crippen molar-refractivity contribution in [3.05, 3.63) is 24.3 Å². The van der Waals surface area contributed by atoms with Crippen LogP contribution in [-0.2, 0) is 14.3 Å². The minimum Gasteiger partial charge on any atom is -0.466 e. The number of aliphatic hydroxyl groups is 2. The number of allylic oxidation sites excluding steroid dienone is 3. The van der Waals surface area contributed by atoms with E-state index >= 15 is 0 Å². The van der Waals surface area contributed by atoms with Crippen LogP contribution in [0.1, 0.15) is 341 Å². The Morgan fingerprint density at radius 3 is 1.03 bits per heavy atom. The number of carbonyl (C=O) groups excluding carboxylic acids is 2. The second-order valence-electron chi connectivity index (χ2n) is 21.4. The fourth-order valence-corrected chi connectivity index (χ4v) is 9.69. The molecule has 408 valence electrons. The molecule has 69 heavy (non-hydrogen) atoms. The van der Waals surface area contributed by atoms with Gasteiger partial charge in [-0.1, -0.05) is 295 Å². The van der Waals surface area contributed by atoms with Crippen LogP contribution in [0.5, 0.6) is 0 Å². The first-order valence-corrected chi connectivity index (χ1v) is 31.1. The molecule has 2 atom stereocenters. The molecule has 0 aliphatic heterocycles. The molecule has 0 rings (SSSR count). The van der Waals surface area contributed by atoms with Crippen LogP contribution in [0.2, 0.25) is 0 Å². The molecule has 6 heteroatoms. The summed E-state index contributed by atoms with van der Waals surface area (Å²) in [5, 5.41) is 23.1. The minimum atomic E-state index is -0.846. The summed E-state index contributed by atoms with van der Waals surface area (Å²) >= 11 is 0. The highest BCUT2D eigenvalue weighted by Crippen LogP contribution is 2.17. The van der Waals surface area contributed by atoms with Gasteiger partial charge in [-0.25, -0.2) is 0 Å². The summed E-state index contributed by atoms with van der Waals surface area (Å²) in [5.41, 5.74) is 0. The van der Waals surface area contributed by atoms with Gasteiger partial charge in [0.25, 0.3) is 0 Å². The van der Waals surface area contributed by atoms with Gasteiger partial charge >= 0.3 is 5.97 Å². The average Bonchev–Trinajstić information content (AvgIpc) is 3.35. The molecule has 0 heterocycles. The van der Waals surface area contributed by atoms with E-state index in [2.05, 4.69) is 31.3 Å².